The number of benzene rings is 2. The van der Waals surface area contributed by atoms with E-state index in [9.17, 15) is 9.18 Å². The van der Waals surface area contributed by atoms with E-state index >= 15 is 0 Å². The molecule has 1 heterocycles. The zero-order valence-electron chi connectivity index (χ0n) is 17.8. The summed E-state index contributed by atoms with van der Waals surface area (Å²) in [6.07, 6.45) is 6.53. The van der Waals surface area contributed by atoms with Crippen molar-refractivity contribution < 1.29 is 9.18 Å². The minimum Gasteiger partial charge on any atom is -0.345 e. The van der Waals surface area contributed by atoms with Crippen molar-refractivity contribution in [3.63, 3.8) is 0 Å². The number of unbranched alkanes of at least 4 members (excludes halogenated alkanes) is 2. The van der Waals surface area contributed by atoms with Gasteiger partial charge in [0, 0.05) is 31.4 Å². The summed E-state index contributed by atoms with van der Waals surface area (Å²) in [4.78, 5) is 15.0. The topological polar surface area (TPSA) is 25.2 Å². The van der Waals surface area contributed by atoms with Gasteiger partial charge in [-0.05, 0) is 48.2 Å². The first-order valence-electron chi connectivity index (χ1n) is 10.9. The standard InChI is InChI=1S/C26H31FN2O/c1-2-3-7-17-29(26(30)16-15-22-10-5-4-6-11-22)21-25-14-9-18-28(25)20-23-12-8-13-24(27)19-23/h4-6,8-14,18-19H,2-3,7,15-17,20-21H2,1H3. The molecule has 4 heteroatoms. The first-order valence-corrected chi connectivity index (χ1v) is 10.9. The highest BCUT2D eigenvalue weighted by molar-refractivity contribution is 5.76. The van der Waals surface area contributed by atoms with Crippen molar-refractivity contribution >= 4 is 5.91 Å². The van der Waals surface area contributed by atoms with Gasteiger partial charge in [-0.1, -0.05) is 62.2 Å². The fraction of sp³-hybridized carbons (Fsp3) is 0.346. The molecule has 0 atom stereocenters. The van der Waals surface area contributed by atoms with Crippen molar-refractivity contribution in [2.75, 3.05) is 6.54 Å². The smallest absolute Gasteiger partial charge is 0.223 e. The molecule has 0 aliphatic heterocycles. The Balaban J connectivity index is 1.67. The van der Waals surface area contributed by atoms with Crippen molar-refractivity contribution in [2.45, 2.75) is 52.1 Å². The van der Waals surface area contributed by atoms with Crippen molar-refractivity contribution in [1.82, 2.24) is 9.47 Å². The molecule has 30 heavy (non-hydrogen) atoms. The average molecular weight is 407 g/mol. The van der Waals surface area contributed by atoms with E-state index in [1.807, 2.05) is 41.4 Å². The zero-order chi connectivity index (χ0) is 21.2. The molecule has 0 fully saturated rings. The molecule has 3 aromatic rings. The first kappa shape index (κ1) is 21.8. The molecule has 2 aromatic carbocycles. The molecule has 0 unspecified atom stereocenters. The predicted molar refractivity (Wildman–Crippen MR) is 120 cm³/mol. The summed E-state index contributed by atoms with van der Waals surface area (Å²) >= 11 is 0. The minimum absolute atomic E-state index is 0.188. The molecule has 3 nitrogen and oxygen atoms in total. The number of carbonyl (C=O) groups excluding carboxylic acids is 1. The van der Waals surface area contributed by atoms with E-state index in [-0.39, 0.29) is 11.7 Å². The van der Waals surface area contributed by atoms with E-state index in [0.29, 0.717) is 19.5 Å². The van der Waals surface area contributed by atoms with Gasteiger partial charge >= 0.3 is 0 Å². The van der Waals surface area contributed by atoms with Gasteiger partial charge in [0.1, 0.15) is 5.82 Å². The van der Waals surface area contributed by atoms with Crippen molar-refractivity contribution in [1.29, 1.82) is 0 Å². The first-order chi connectivity index (χ1) is 14.7. The molecule has 0 N–H and O–H groups in total. The van der Waals surface area contributed by atoms with Crippen LogP contribution in [0.1, 0.15) is 49.4 Å². The monoisotopic (exact) mass is 406 g/mol. The van der Waals surface area contributed by atoms with E-state index in [1.165, 1.54) is 11.6 Å². The molecular formula is C26H31FN2O. The normalized spacial score (nSPS) is 10.9. The number of hydrogen-bond acceptors (Lipinski definition) is 1. The third-order valence-corrected chi connectivity index (χ3v) is 5.37. The van der Waals surface area contributed by atoms with Gasteiger partial charge < -0.3 is 9.47 Å². The van der Waals surface area contributed by atoms with Crippen LogP contribution < -0.4 is 0 Å². The van der Waals surface area contributed by atoms with E-state index in [4.69, 9.17) is 0 Å². The van der Waals surface area contributed by atoms with Crippen LogP contribution in [0.25, 0.3) is 0 Å². The summed E-state index contributed by atoms with van der Waals surface area (Å²) in [6.45, 7) is 4.12. The molecule has 0 spiro atoms. The van der Waals surface area contributed by atoms with Crippen molar-refractivity contribution in [3.8, 4) is 0 Å². The lowest BCUT2D eigenvalue weighted by Crippen LogP contribution is -2.32. The highest BCUT2D eigenvalue weighted by Crippen LogP contribution is 2.14. The molecule has 0 saturated carbocycles. The Kier molecular flexibility index (Phi) is 8.25. The van der Waals surface area contributed by atoms with E-state index in [0.717, 1.165) is 43.5 Å². The van der Waals surface area contributed by atoms with Crippen LogP contribution in [0.3, 0.4) is 0 Å². The quantitative estimate of drug-likeness (QED) is 0.368. The molecular weight excluding hydrogens is 375 g/mol. The van der Waals surface area contributed by atoms with Gasteiger partial charge in [0.05, 0.1) is 6.54 Å². The Morgan fingerprint density at radius 1 is 0.967 bits per heavy atom. The molecule has 0 bridgehead atoms. The second-order valence-corrected chi connectivity index (χ2v) is 7.77. The van der Waals surface area contributed by atoms with E-state index < -0.39 is 0 Å². The van der Waals surface area contributed by atoms with E-state index in [2.05, 4.69) is 29.7 Å². The molecule has 0 saturated heterocycles. The Morgan fingerprint density at radius 3 is 2.53 bits per heavy atom. The van der Waals surface area contributed by atoms with Gasteiger partial charge in [-0.2, -0.15) is 0 Å². The number of halogens is 1. The fourth-order valence-corrected chi connectivity index (χ4v) is 3.67. The summed E-state index contributed by atoms with van der Waals surface area (Å²) in [5, 5.41) is 0. The third-order valence-electron chi connectivity index (χ3n) is 5.37. The van der Waals surface area contributed by atoms with Gasteiger partial charge in [-0.25, -0.2) is 4.39 Å². The van der Waals surface area contributed by atoms with Gasteiger partial charge in [0.25, 0.3) is 0 Å². The average Bonchev–Trinajstić information content (AvgIpc) is 3.18. The maximum atomic E-state index is 13.5. The predicted octanol–water partition coefficient (Wildman–Crippen LogP) is 5.83. The lowest BCUT2D eigenvalue weighted by molar-refractivity contribution is -0.132. The maximum Gasteiger partial charge on any atom is 0.223 e. The van der Waals surface area contributed by atoms with Crippen molar-refractivity contribution in [2.24, 2.45) is 0 Å². The van der Waals surface area contributed by atoms with E-state index in [1.54, 1.807) is 12.1 Å². The summed E-state index contributed by atoms with van der Waals surface area (Å²) in [5.74, 6) is -0.0352. The SMILES string of the molecule is CCCCCN(Cc1cccn1Cc1cccc(F)c1)C(=O)CCc1ccccc1. The molecule has 1 amide bonds. The molecule has 158 valence electrons. The van der Waals surface area contributed by atoms with Crippen LogP contribution in [0.2, 0.25) is 0 Å². The summed E-state index contributed by atoms with van der Waals surface area (Å²) in [6, 6.07) is 20.9. The van der Waals surface area contributed by atoms with Gasteiger partial charge in [0.15, 0.2) is 0 Å². The Labute approximate surface area is 179 Å². The summed E-state index contributed by atoms with van der Waals surface area (Å²) in [5.41, 5.74) is 3.18. The number of amides is 1. The molecule has 0 aliphatic rings. The molecule has 1 aromatic heterocycles. The van der Waals surface area contributed by atoms with Crippen LogP contribution in [0.15, 0.2) is 72.9 Å². The number of carbonyl (C=O) groups is 1. The van der Waals surface area contributed by atoms with Crippen LogP contribution in [-0.4, -0.2) is 21.9 Å². The van der Waals surface area contributed by atoms with Gasteiger partial charge in [-0.15, -0.1) is 0 Å². The summed E-state index contributed by atoms with van der Waals surface area (Å²) < 4.78 is 15.7. The molecule has 3 rings (SSSR count). The van der Waals surface area contributed by atoms with Gasteiger partial charge in [-0.3, -0.25) is 4.79 Å². The number of rotatable bonds is 11. The number of aryl methyl sites for hydroxylation is 1. The van der Waals surface area contributed by atoms with Gasteiger partial charge in [0.2, 0.25) is 5.91 Å². The molecule has 0 radical (unpaired) electrons. The van der Waals surface area contributed by atoms with Crippen molar-refractivity contribution in [3.05, 3.63) is 95.6 Å². The summed E-state index contributed by atoms with van der Waals surface area (Å²) in [7, 11) is 0. The lowest BCUT2D eigenvalue weighted by Gasteiger charge is -2.24. The third kappa shape index (κ3) is 6.58. The van der Waals surface area contributed by atoms with Crippen LogP contribution in [0, 0.1) is 5.82 Å². The largest absolute Gasteiger partial charge is 0.345 e. The second-order valence-electron chi connectivity index (χ2n) is 7.77. The highest BCUT2D eigenvalue weighted by Gasteiger charge is 2.16. The van der Waals surface area contributed by atoms with Crippen LogP contribution >= 0.6 is 0 Å². The van der Waals surface area contributed by atoms with Crippen LogP contribution in [0.4, 0.5) is 4.39 Å². The minimum atomic E-state index is -0.224. The second kappa shape index (κ2) is 11.3. The Bertz CT molecular complexity index is 920. The number of aromatic nitrogens is 1. The van der Waals surface area contributed by atoms with Crippen LogP contribution in [0.5, 0.6) is 0 Å². The molecule has 0 aliphatic carbocycles. The maximum absolute atomic E-state index is 13.5. The lowest BCUT2D eigenvalue weighted by atomic mass is 10.1. The number of nitrogens with zero attached hydrogens (tertiary/aromatic N) is 2. The number of hydrogen-bond donors (Lipinski definition) is 0. The Hall–Kier alpha value is -2.88. The fourth-order valence-electron chi connectivity index (χ4n) is 3.67. The van der Waals surface area contributed by atoms with Crippen LogP contribution in [-0.2, 0) is 24.3 Å². The highest BCUT2D eigenvalue weighted by atomic mass is 19.1. The zero-order valence-corrected chi connectivity index (χ0v) is 17.8. The Morgan fingerprint density at radius 2 is 1.77 bits per heavy atom.